The largest absolute Gasteiger partial charge is 0.488 e. The molecule has 4 nitrogen and oxygen atoms in total. The lowest BCUT2D eigenvalue weighted by Gasteiger charge is -2.32. The number of rotatable bonds is 4. The minimum atomic E-state index is 0.0990. The quantitative estimate of drug-likeness (QED) is 0.669. The molecule has 5 heteroatoms. The summed E-state index contributed by atoms with van der Waals surface area (Å²) in [6, 6.07) is 17.5. The number of halogens is 1. The van der Waals surface area contributed by atoms with Gasteiger partial charge in [0.05, 0.1) is 6.42 Å². The van der Waals surface area contributed by atoms with Crippen molar-refractivity contribution in [2.24, 2.45) is 0 Å². The van der Waals surface area contributed by atoms with Crippen molar-refractivity contribution in [3.05, 3.63) is 71.4 Å². The Hall–Kier alpha value is -2.59. The molecule has 0 aliphatic carbocycles. The standard InChI is InChI=1S/C22H21ClN2O2/c23-19-8-2-1-5-17(19)15-21(26)25-13-10-18(11-14-25)27-20-9-3-6-16-7-4-12-24-22(16)20/h1-9,12,18H,10-11,13-15H2. The van der Waals surface area contributed by atoms with Crippen molar-refractivity contribution in [2.45, 2.75) is 25.4 Å². The number of amides is 1. The third kappa shape index (κ3) is 4.06. The maximum Gasteiger partial charge on any atom is 0.227 e. The van der Waals surface area contributed by atoms with E-state index < -0.39 is 0 Å². The van der Waals surface area contributed by atoms with E-state index in [0.717, 1.165) is 35.1 Å². The molecule has 2 aromatic carbocycles. The molecule has 1 saturated heterocycles. The zero-order valence-corrected chi connectivity index (χ0v) is 15.7. The fourth-order valence-corrected chi connectivity index (χ4v) is 3.69. The number of nitrogens with zero attached hydrogens (tertiary/aromatic N) is 2. The number of aromatic nitrogens is 1. The lowest BCUT2D eigenvalue weighted by atomic mass is 10.1. The van der Waals surface area contributed by atoms with Gasteiger partial charge in [0.2, 0.25) is 5.91 Å². The summed E-state index contributed by atoms with van der Waals surface area (Å²) in [5, 5.41) is 1.72. The summed E-state index contributed by atoms with van der Waals surface area (Å²) in [7, 11) is 0. The van der Waals surface area contributed by atoms with Gasteiger partial charge < -0.3 is 9.64 Å². The van der Waals surface area contributed by atoms with Gasteiger partial charge in [-0.2, -0.15) is 0 Å². The van der Waals surface area contributed by atoms with E-state index in [-0.39, 0.29) is 12.0 Å². The van der Waals surface area contributed by atoms with E-state index >= 15 is 0 Å². The maximum atomic E-state index is 12.6. The minimum Gasteiger partial charge on any atom is -0.488 e. The van der Waals surface area contributed by atoms with Crippen molar-refractivity contribution in [1.82, 2.24) is 9.88 Å². The van der Waals surface area contributed by atoms with Gasteiger partial charge in [-0.1, -0.05) is 48.0 Å². The maximum absolute atomic E-state index is 12.6. The third-order valence-electron chi connectivity index (χ3n) is 4.98. The van der Waals surface area contributed by atoms with Crippen molar-refractivity contribution < 1.29 is 9.53 Å². The highest BCUT2D eigenvalue weighted by Gasteiger charge is 2.24. The van der Waals surface area contributed by atoms with Crippen LogP contribution in [0.1, 0.15) is 18.4 Å². The van der Waals surface area contributed by atoms with E-state index in [2.05, 4.69) is 4.98 Å². The van der Waals surface area contributed by atoms with Crippen LogP contribution in [-0.2, 0) is 11.2 Å². The lowest BCUT2D eigenvalue weighted by Crippen LogP contribution is -2.42. The number of hydrogen-bond acceptors (Lipinski definition) is 3. The Kier molecular flexibility index (Phi) is 5.26. The summed E-state index contributed by atoms with van der Waals surface area (Å²) in [4.78, 5) is 18.9. The van der Waals surface area contributed by atoms with Gasteiger partial charge >= 0.3 is 0 Å². The molecule has 138 valence electrons. The molecule has 0 N–H and O–H groups in total. The Morgan fingerprint density at radius 3 is 2.67 bits per heavy atom. The van der Waals surface area contributed by atoms with Gasteiger partial charge in [0.1, 0.15) is 17.4 Å². The molecular formula is C22H21ClN2O2. The molecule has 1 amide bonds. The first-order valence-corrected chi connectivity index (χ1v) is 9.60. The Morgan fingerprint density at radius 1 is 1.07 bits per heavy atom. The summed E-state index contributed by atoms with van der Waals surface area (Å²) in [6.45, 7) is 1.40. The van der Waals surface area contributed by atoms with E-state index in [4.69, 9.17) is 16.3 Å². The van der Waals surface area contributed by atoms with Crippen LogP contribution in [0.3, 0.4) is 0 Å². The first-order valence-electron chi connectivity index (χ1n) is 9.22. The van der Waals surface area contributed by atoms with E-state index in [1.807, 2.05) is 59.5 Å². The highest BCUT2D eigenvalue weighted by molar-refractivity contribution is 6.31. The van der Waals surface area contributed by atoms with Gasteiger partial charge in [0, 0.05) is 42.5 Å². The van der Waals surface area contributed by atoms with Crippen molar-refractivity contribution in [2.75, 3.05) is 13.1 Å². The molecule has 0 radical (unpaired) electrons. The molecule has 0 saturated carbocycles. The second-order valence-electron chi connectivity index (χ2n) is 6.80. The van der Waals surface area contributed by atoms with Crippen LogP contribution in [0.15, 0.2) is 60.8 Å². The number of pyridine rings is 1. The van der Waals surface area contributed by atoms with E-state index in [9.17, 15) is 4.79 Å². The SMILES string of the molecule is O=C(Cc1ccccc1Cl)N1CCC(Oc2cccc3cccnc23)CC1. The summed E-state index contributed by atoms with van der Waals surface area (Å²) in [5.74, 6) is 0.933. The van der Waals surface area contributed by atoms with Gasteiger partial charge in [-0.3, -0.25) is 9.78 Å². The fourth-order valence-electron chi connectivity index (χ4n) is 3.49. The van der Waals surface area contributed by atoms with Crippen LogP contribution < -0.4 is 4.74 Å². The molecule has 0 unspecified atom stereocenters. The zero-order valence-electron chi connectivity index (χ0n) is 15.0. The number of carbonyl (C=O) groups excluding carboxylic acids is 1. The number of para-hydroxylation sites is 1. The van der Waals surface area contributed by atoms with Gasteiger partial charge in [0.15, 0.2) is 0 Å². The predicted molar refractivity (Wildman–Crippen MR) is 107 cm³/mol. The fraction of sp³-hybridized carbons (Fsp3) is 0.273. The molecule has 1 aromatic heterocycles. The molecule has 27 heavy (non-hydrogen) atoms. The summed E-state index contributed by atoms with van der Waals surface area (Å²) >= 11 is 6.17. The van der Waals surface area contributed by atoms with Crippen molar-refractivity contribution in [3.63, 3.8) is 0 Å². The third-order valence-corrected chi connectivity index (χ3v) is 5.35. The normalized spacial score (nSPS) is 15.1. The number of piperidine rings is 1. The number of fused-ring (bicyclic) bond motifs is 1. The number of hydrogen-bond donors (Lipinski definition) is 0. The Bertz CT molecular complexity index is 946. The molecule has 0 atom stereocenters. The van der Waals surface area contributed by atoms with Crippen LogP contribution >= 0.6 is 11.6 Å². The molecule has 3 aromatic rings. The van der Waals surface area contributed by atoms with Crippen molar-refractivity contribution in [3.8, 4) is 5.75 Å². The van der Waals surface area contributed by atoms with Gasteiger partial charge in [0.25, 0.3) is 0 Å². The van der Waals surface area contributed by atoms with Crippen LogP contribution in [-0.4, -0.2) is 35.0 Å². The first-order chi connectivity index (χ1) is 13.2. The van der Waals surface area contributed by atoms with Crippen LogP contribution in [0.2, 0.25) is 5.02 Å². The van der Waals surface area contributed by atoms with Gasteiger partial charge in [-0.05, 0) is 23.8 Å². The molecular weight excluding hydrogens is 360 g/mol. The van der Waals surface area contributed by atoms with Crippen LogP contribution in [0.4, 0.5) is 0 Å². The Labute approximate surface area is 163 Å². The molecule has 2 heterocycles. The number of ether oxygens (including phenoxy) is 1. The first kappa shape index (κ1) is 17.8. The molecule has 0 bridgehead atoms. The van der Waals surface area contributed by atoms with Crippen LogP contribution in [0.25, 0.3) is 10.9 Å². The van der Waals surface area contributed by atoms with E-state index in [1.165, 1.54) is 0 Å². The topological polar surface area (TPSA) is 42.4 Å². The highest BCUT2D eigenvalue weighted by atomic mass is 35.5. The van der Waals surface area contributed by atoms with Gasteiger partial charge in [-0.15, -0.1) is 0 Å². The molecule has 4 rings (SSSR count). The predicted octanol–water partition coefficient (Wildman–Crippen LogP) is 4.50. The average Bonchev–Trinajstić information content (AvgIpc) is 2.70. The second kappa shape index (κ2) is 7.97. The molecule has 0 spiro atoms. The summed E-state index contributed by atoms with van der Waals surface area (Å²) < 4.78 is 6.21. The Balaban J connectivity index is 1.36. The zero-order chi connectivity index (χ0) is 18.6. The summed E-state index contributed by atoms with van der Waals surface area (Å²) in [6.07, 6.45) is 3.86. The van der Waals surface area contributed by atoms with Crippen LogP contribution in [0.5, 0.6) is 5.75 Å². The smallest absolute Gasteiger partial charge is 0.227 e. The second-order valence-corrected chi connectivity index (χ2v) is 7.20. The monoisotopic (exact) mass is 380 g/mol. The van der Waals surface area contributed by atoms with E-state index in [0.29, 0.717) is 24.5 Å². The Morgan fingerprint density at radius 2 is 1.85 bits per heavy atom. The summed E-state index contributed by atoms with van der Waals surface area (Å²) in [5.41, 5.74) is 1.77. The minimum absolute atomic E-state index is 0.0990. The van der Waals surface area contributed by atoms with Crippen molar-refractivity contribution >= 4 is 28.4 Å². The molecule has 1 aliphatic rings. The lowest BCUT2D eigenvalue weighted by molar-refractivity contribution is -0.132. The average molecular weight is 381 g/mol. The van der Waals surface area contributed by atoms with Crippen LogP contribution in [0, 0.1) is 0 Å². The molecule has 1 fully saturated rings. The van der Waals surface area contributed by atoms with Crippen molar-refractivity contribution in [1.29, 1.82) is 0 Å². The van der Waals surface area contributed by atoms with E-state index in [1.54, 1.807) is 6.20 Å². The number of likely N-dealkylation sites (tertiary alicyclic amines) is 1. The van der Waals surface area contributed by atoms with Gasteiger partial charge in [-0.25, -0.2) is 0 Å². The molecule has 1 aliphatic heterocycles. The number of carbonyl (C=O) groups is 1. The highest BCUT2D eigenvalue weighted by Crippen LogP contribution is 2.26. The number of benzene rings is 2.